The molecule has 0 aliphatic heterocycles. The molecular formula is C17H11Cl3O3. The zero-order valence-corrected chi connectivity index (χ0v) is 14.3. The number of hydrogen-bond donors (Lipinski definition) is 0. The zero-order chi connectivity index (χ0) is 16.6. The van der Waals surface area contributed by atoms with E-state index in [1.165, 1.54) is 6.07 Å². The minimum absolute atomic E-state index is 0.153. The van der Waals surface area contributed by atoms with Gasteiger partial charge in [-0.25, -0.2) is 4.79 Å². The van der Waals surface area contributed by atoms with Gasteiger partial charge in [-0.1, -0.05) is 40.9 Å². The molecule has 1 aromatic heterocycles. The van der Waals surface area contributed by atoms with E-state index in [0.717, 1.165) is 10.9 Å². The summed E-state index contributed by atoms with van der Waals surface area (Å²) >= 11 is 18.5. The van der Waals surface area contributed by atoms with Gasteiger partial charge in [-0.2, -0.15) is 0 Å². The molecule has 0 atom stereocenters. The Labute approximate surface area is 147 Å². The highest BCUT2D eigenvalue weighted by atomic mass is 35.5. The first-order chi connectivity index (χ1) is 11.0. The maximum Gasteiger partial charge on any atom is 0.336 e. The summed E-state index contributed by atoms with van der Waals surface area (Å²) in [5.74, 6) is 0.393. The molecule has 0 aliphatic rings. The lowest BCUT2D eigenvalue weighted by atomic mass is 10.1. The average Bonchev–Trinajstić information content (AvgIpc) is 2.48. The molecule has 3 nitrogen and oxygen atoms in total. The Balaban J connectivity index is 1.97. The summed E-state index contributed by atoms with van der Waals surface area (Å²) < 4.78 is 10.9. The van der Waals surface area contributed by atoms with E-state index < -0.39 is 5.63 Å². The molecule has 0 fully saturated rings. The molecule has 3 rings (SSSR count). The minimum atomic E-state index is -0.419. The SMILES string of the molecule is Cc1cc(=O)oc2cc(OCc3c(Cl)cccc3Cl)c(Cl)cc12. The molecule has 3 aromatic rings. The molecule has 0 amide bonds. The van der Waals surface area contributed by atoms with Crippen molar-refractivity contribution >= 4 is 45.8 Å². The Kier molecular flexibility index (Phi) is 4.53. The van der Waals surface area contributed by atoms with E-state index in [-0.39, 0.29) is 6.61 Å². The van der Waals surface area contributed by atoms with Crippen LogP contribution in [0.4, 0.5) is 0 Å². The molecule has 0 aliphatic carbocycles. The second-order valence-corrected chi connectivity index (χ2v) is 6.24. The summed E-state index contributed by atoms with van der Waals surface area (Å²) in [6.45, 7) is 1.97. The van der Waals surface area contributed by atoms with Gasteiger partial charge in [0.1, 0.15) is 17.9 Å². The van der Waals surface area contributed by atoms with E-state index in [9.17, 15) is 4.79 Å². The Hall–Kier alpha value is -1.68. The van der Waals surface area contributed by atoms with Crippen molar-refractivity contribution in [3.8, 4) is 5.75 Å². The van der Waals surface area contributed by atoms with Crippen LogP contribution >= 0.6 is 34.8 Å². The lowest BCUT2D eigenvalue weighted by Gasteiger charge is -2.11. The predicted molar refractivity (Wildman–Crippen MR) is 93.0 cm³/mol. The molecule has 0 radical (unpaired) electrons. The highest BCUT2D eigenvalue weighted by molar-refractivity contribution is 6.36. The van der Waals surface area contributed by atoms with Gasteiger partial charge in [0, 0.05) is 33.1 Å². The average molecular weight is 370 g/mol. The van der Waals surface area contributed by atoms with Crippen LogP contribution in [-0.2, 0) is 6.61 Å². The maximum absolute atomic E-state index is 11.5. The molecule has 0 spiro atoms. The van der Waals surface area contributed by atoms with Gasteiger partial charge in [-0.3, -0.25) is 0 Å². The van der Waals surface area contributed by atoms with Crippen LogP contribution in [0.3, 0.4) is 0 Å². The third kappa shape index (κ3) is 3.32. The van der Waals surface area contributed by atoms with E-state index in [4.69, 9.17) is 44.0 Å². The lowest BCUT2D eigenvalue weighted by Crippen LogP contribution is -2.00. The number of benzene rings is 2. The Morgan fingerprint density at radius 1 is 1.04 bits per heavy atom. The summed E-state index contributed by atoms with van der Waals surface area (Å²) in [4.78, 5) is 11.5. The molecule has 2 aromatic carbocycles. The lowest BCUT2D eigenvalue weighted by molar-refractivity contribution is 0.306. The topological polar surface area (TPSA) is 39.4 Å². The predicted octanol–water partition coefficient (Wildman–Crippen LogP) is 5.64. The van der Waals surface area contributed by atoms with Gasteiger partial charge >= 0.3 is 5.63 Å². The molecule has 0 saturated heterocycles. The molecule has 0 N–H and O–H groups in total. The Morgan fingerprint density at radius 2 is 1.74 bits per heavy atom. The Bertz CT molecular complexity index is 927. The van der Waals surface area contributed by atoms with Gasteiger partial charge in [0.05, 0.1) is 5.02 Å². The quantitative estimate of drug-likeness (QED) is 0.561. The van der Waals surface area contributed by atoms with E-state index in [2.05, 4.69) is 0 Å². The van der Waals surface area contributed by atoms with Crippen LogP contribution < -0.4 is 10.4 Å². The monoisotopic (exact) mass is 368 g/mol. The largest absolute Gasteiger partial charge is 0.487 e. The molecule has 1 heterocycles. The molecule has 0 bridgehead atoms. The highest BCUT2D eigenvalue weighted by Crippen LogP contribution is 2.33. The smallest absolute Gasteiger partial charge is 0.336 e. The third-order valence-corrected chi connectivity index (χ3v) is 4.44. The first kappa shape index (κ1) is 16.2. The van der Waals surface area contributed by atoms with Gasteiger partial charge < -0.3 is 9.15 Å². The van der Waals surface area contributed by atoms with Crippen LogP contribution in [0.5, 0.6) is 5.75 Å². The fourth-order valence-electron chi connectivity index (χ4n) is 2.25. The van der Waals surface area contributed by atoms with E-state index in [1.807, 2.05) is 6.92 Å². The van der Waals surface area contributed by atoms with Crippen LogP contribution in [0.15, 0.2) is 45.6 Å². The second-order valence-electron chi connectivity index (χ2n) is 5.02. The number of ether oxygens (including phenoxy) is 1. The van der Waals surface area contributed by atoms with Crippen LogP contribution in [0.1, 0.15) is 11.1 Å². The number of fused-ring (bicyclic) bond motifs is 1. The summed E-state index contributed by atoms with van der Waals surface area (Å²) in [5.41, 5.74) is 1.45. The molecule has 118 valence electrons. The van der Waals surface area contributed by atoms with Crippen molar-refractivity contribution in [2.24, 2.45) is 0 Å². The summed E-state index contributed by atoms with van der Waals surface area (Å²) in [7, 11) is 0. The normalized spacial score (nSPS) is 11.0. The summed E-state index contributed by atoms with van der Waals surface area (Å²) in [6.07, 6.45) is 0. The second kappa shape index (κ2) is 6.44. The van der Waals surface area contributed by atoms with Crippen molar-refractivity contribution in [2.45, 2.75) is 13.5 Å². The molecule has 0 unspecified atom stereocenters. The first-order valence-electron chi connectivity index (χ1n) is 6.75. The fraction of sp³-hybridized carbons (Fsp3) is 0.118. The molecule has 0 saturated carbocycles. The van der Waals surface area contributed by atoms with Crippen molar-refractivity contribution in [1.29, 1.82) is 0 Å². The summed E-state index contributed by atoms with van der Waals surface area (Å²) in [5, 5.41) is 2.20. The van der Waals surface area contributed by atoms with Gasteiger partial charge in [0.25, 0.3) is 0 Å². The van der Waals surface area contributed by atoms with Crippen molar-refractivity contribution in [3.63, 3.8) is 0 Å². The van der Waals surface area contributed by atoms with E-state index >= 15 is 0 Å². The molecular weight excluding hydrogens is 359 g/mol. The zero-order valence-electron chi connectivity index (χ0n) is 12.0. The van der Waals surface area contributed by atoms with Gasteiger partial charge in [0.15, 0.2) is 0 Å². The van der Waals surface area contributed by atoms with Crippen molar-refractivity contribution in [2.75, 3.05) is 0 Å². The standard InChI is InChI=1S/C17H11Cl3O3/c1-9-5-17(21)23-15-7-16(14(20)6-10(9)15)22-8-11-12(18)3-2-4-13(11)19/h2-7H,8H2,1H3. The van der Waals surface area contributed by atoms with Crippen LogP contribution in [0.2, 0.25) is 15.1 Å². The van der Waals surface area contributed by atoms with Gasteiger partial charge in [0.2, 0.25) is 0 Å². The van der Waals surface area contributed by atoms with Crippen LogP contribution in [-0.4, -0.2) is 0 Å². The minimum Gasteiger partial charge on any atom is -0.487 e. The van der Waals surface area contributed by atoms with E-state index in [1.54, 1.807) is 30.3 Å². The fourth-order valence-corrected chi connectivity index (χ4v) is 2.98. The summed E-state index contributed by atoms with van der Waals surface area (Å²) in [6, 6.07) is 9.94. The van der Waals surface area contributed by atoms with Crippen molar-refractivity contribution in [3.05, 3.63) is 73.0 Å². The van der Waals surface area contributed by atoms with E-state index in [0.29, 0.717) is 32.0 Å². The number of halogens is 3. The van der Waals surface area contributed by atoms with Crippen LogP contribution in [0.25, 0.3) is 11.0 Å². The highest BCUT2D eigenvalue weighted by Gasteiger charge is 2.11. The van der Waals surface area contributed by atoms with Crippen LogP contribution in [0, 0.1) is 6.92 Å². The number of rotatable bonds is 3. The number of hydrogen-bond acceptors (Lipinski definition) is 3. The molecule has 23 heavy (non-hydrogen) atoms. The first-order valence-corrected chi connectivity index (χ1v) is 7.89. The van der Waals surface area contributed by atoms with Crippen molar-refractivity contribution < 1.29 is 9.15 Å². The Morgan fingerprint density at radius 3 is 2.43 bits per heavy atom. The maximum atomic E-state index is 11.5. The van der Waals surface area contributed by atoms with Gasteiger partial charge in [-0.15, -0.1) is 0 Å². The van der Waals surface area contributed by atoms with Crippen molar-refractivity contribution in [1.82, 2.24) is 0 Å². The third-order valence-electron chi connectivity index (χ3n) is 3.44. The number of aryl methyl sites for hydroxylation is 1. The molecule has 6 heteroatoms. The van der Waals surface area contributed by atoms with Gasteiger partial charge in [-0.05, 0) is 30.7 Å².